The van der Waals surface area contributed by atoms with E-state index < -0.39 is 0 Å². The van der Waals surface area contributed by atoms with Gasteiger partial charge in [-0.25, -0.2) is 4.79 Å². The summed E-state index contributed by atoms with van der Waals surface area (Å²) in [6.45, 7) is 1.13. The van der Waals surface area contributed by atoms with Crippen LogP contribution in [0.3, 0.4) is 0 Å². The third-order valence-corrected chi connectivity index (χ3v) is 3.35. The smallest absolute Gasteiger partial charge is 0.315 e. The van der Waals surface area contributed by atoms with E-state index in [-0.39, 0.29) is 6.03 Å². The summed E-state index contributed by atoms with van der Waals surface area (Å²) in [4.78, 5) is 11.8. The summed E-state index contributed by atoms with van der Waals surface area (Å²) in [6.07, 6.45) is 0. The zero-order valence-corrected chi connectivity index (χ0v) is 13.9. The molecule has 2 N–H and O–H groups in total. The molecule has 2 amide bonds. The Balaban J connectivity index is 1.70. The van der Waals surface area contributed by atoms with Crippen molar-refractivity contribution in [3.05, 3.63) is 54.1 Å². The molecule has 0 aliphatic carbocycles. The van der Waals surface area contributed by atoms with Crippen molar-refractivity contribution in [2.24, 2.45) is 0 Å². The lowest BCUT2D eigenvalue weighted by molar-refractivity contribution is 0.235. The number of amides is 2. The third kappa shape index (κ3) is 5.08. The van der Waals surface area contributed by atoms with Gasteiger partial charge in [-0.15, -0.1) is 0 Å². The first-order valence-corrected chi connectivity index (χ1v) is 7.64. The first kappa shape index (κ1) is 17.5. The Morgan fingerprint density at radius 3 is 2.21 bits per heavy atom. The molecule has 2 aromatic rings. The fourth-order valence-corrected chi connectivity index (χ4v) is 2.15. The number of benzene rings is 2. The van der Waals surface area contributed by atoms with Gasteiger partial charge in [0.2, 0.25) is 0 Å². The molecular formula is C18H22N2O4. The zero-order valence-electron chi connectivity index (χ0n) is 13.9. The van der Waals surface area contributed by atoms with E-state index >= 15 is 0 Å². The fourth-order valence-electron chi connectivity index (χ4n) is 2.15. The minimum Gasteiger partial charge on any atom is -0.496 e. The topological polar surface area (TPSA) is 68.8 Å². The average molecular weight is 330 g/mol. The Bertz CT molecular complexity index is 661. The molecule has 0 radical (unpaired) electrons. The Kier molecular flexibility index (Phi) is 6.76. The van der Waals surface area contributed by atoms with Crippen molar-refractivity contribution in [3.63, 3.8) is 0 Å². The van der Waals surface area contributed by atoms with Gasteiger partial charge in [0.1, 0.15) is 12.4 Å². The minimum atomic E-state index is -0.260. The first-order chi connectivity index (χ1) is 11.7. The molecule has 6 nitrogen and oxygen atoms in total. The molecule has 2 rings (SSSR count). The summed E-state index contributed by atoms with van der Waals surface area (Å²) in [7, 11) is 3.19. The normalized spacial score (nSPS) is 9.92. The van der Waals surface area contributed by atoms with Crippen molar-refractivity contribution >= 4 is 6.03 Å². The van der Waals surface area contributed by atoms with Crippen LogP contribution in [0.2, 0.25) is 0 Å². The molecule has 6 heteroatoms. The molecule has 0 aliphatic rings. The van der Waals surface area contributed by atoms with Crippen LogP contribution in [0.25, 0.3) is 0 Å². The lowest BCUT2D eigenvalue weighted by Crippen LogP contribution is -2.37. The summed E-state index contributed by atoms with van der Waals surface area (Å²) in [5, 5.41) is 5.53. The van der Waals surface area contributed by atoms with Crippen LogP contribution in [-0.2, 0) is 6.54 Å². The largest absolute Gasteiger partial charge is 0.496 e. The molecule has 2 aromatic carbocycles. The van der Waals surface area contributed by atoms with Gasteiger partial charge < -0.3 is 24.8 Å². The maximum Gasteiger partial charge on any atom is 0.315 e. The molecule has 0 saturated heterocycles. The monoisotopic (exact) mass is 330 g/mol. The van der Waals surface area contributed by atoms with E-state index in [9.17, 15) is 4.79 Å². The molecule has 0 aromatic heterocycles. The van der Waals surface area contributed by atoms with Crippen LogP contribution in [-0.4, -0.2) is 33.4 Å². The van der Waals surface area contributed by atoms with Gasteiger partial charge in [0.15, 0.2) is 11.5 Å². The molecule has 0 atom stereocenters. The van der Waals surface area contributed by atoms with Gasteiger partial charge in [-0.2, -0.15) is 0 Å². The van der Waals surface area contributed by atoms with Gasteiger partial charge in [-0.3, -0.25) is 0 Å². The summed E-state index contributed by atoms with van der Waals surface area (Å²) in [6, 6.07) is 14.7. The summed E-state index contributed by atoms with van der Waals surface area (Å²) in [5.41, 5.74) is 0.917. The molecule has 0 bridgehead atoms. The van der Waals surface area contributed by atoms with Gasteiger partial charge in [0.05, 0.1) is 20.8 Å². The summed E-state index contributed by atoms with van der Waals surface area (Å²) in [5.74, 6) is 2.06. The number of rotatable bonds is 8. The highest BCUT2D eigenvalue weighted by molar-refractivity contribution is 5.73. The van der Waals surface area contributed by atoms with Crippen molar-refractivity contribution in [1.82, 2.24) is 10.6 Å². The molecule has 128 valence electrons. The van der Waals surface area contributed by atoms with Crippen molar-refractivity contribution in [1.29, 1.82) is 0 Å². The van der Waals surface area contributed by atoms with E-state index in [0.717, 1.165) is 11.3 Å². The minimum absolute atomic E-state index is 0.260. The van der Waals surface area contributed by atoms with Crippen molar-refractivity contribution in [2.45, 2.75) is 6.54 Å². The van der Waals surface area contributed by atoms with E-state index in [1.165, 1.54) is 0 Å². The molecule has 0 saturated carbocycles. The number of urea groups is 1. The van der Waals surface area contributed by atoms with Crippen LogP contribution < -0.4 is 24.8 Å². The standard InChI is InChI=1S/C18H22N2O4/c1-22-15-8-4-3-7-14(15)13-20-18(21)19-11-12-24-17-10-6-5-9-16(17)23-2/h3-10H,11-13H2,1-2H3,(H2,19,20,21). The van der Waals surface area contributed by atoms with Gasteiger partial charge in [-0.1, -0.05) is 30.3 Å². The van der Waals surface area contributed by atoms with Crippen LogP contribution in [0.5, 0.6) is 17.2 Å². The number of carbonyl (C=O) groups is 1. The SMILES string of the molecule is COc1ccccc1CNC(=O)NCCOc1ccccc1OC. The molecule has 0 heterocycles. The maximum absolute atomic E-state index is 11.8. The van der Waals surface area contributed by atoms with Gasteiger partial charge in [0, 0.05) is 12.1 Å². The summed E-state index contributed by atoms with van der Waals surface area (Å²) < 4.78 is 16.0. The van der Waals surface area contributed by atoms with Gasteiger partial charge >= 0.3 is 6.03 Å². The molecule has 0 spiro atoms. The van der Waals surface area contributed by atoms with E-state index in [1.807, 2.05) is 48.5 Å². The highest BCUT2D eigenvalue weighted by Crippen LogP contribution is 2.25. The van der Waals surface area contributed by atoms with Crippen LogP contribution >= 0.6 is 0 Å². The van der Waals surface area contributed by atoms with E-state index in [4.69, 9.17) is 14.2 Å². The van der Waals surface area contributed by atoms with Crippen molar-refractivity contribution < 1.29 is 19.0 Å². The van der Waals surface area contributed by atoms with Crippen LogP contribution in [0.15, 0.2) is 48.5 Å². The number of hydrogen-bond donors (Lipinski definition) is 2. The lowest BCUT2D eigenvalue weighted by Gasteiger charge is -2.12. The number of nitrogens with one attached hydrogen (secondary N) is 2. The average Bonchev–Trinajstić information content (AvgIpc) is 2.64. The molecular weight excluding hydrogens is 308 g/mol. The van der Waals surface area contributed by atoms with E-state index in [0.29, 0.717) is 31.2 Å². The highest BCUT2D eigenvalue weighted by atomic mass is 16.5. The van der Waals surface area contributed by atoms with Crippen molar-refractivity contribution in [3.8, 4) is 17.2 Å². The number of ether oxygens (including phenoxy) is 3. The summed E-state index contributed by atoms with van der Waals surface area (Å²) >= 11 is 0. The molecule has 0 aliphatic heterocycles. The molecule has 0 unspecified atom stereocenters. The number of hydrogen-bond acceptors (Lipinski definition) is 4. The van der Waals surface area contributed by atoms with E-state index in [1.54, 1.807) is 14.2 Å². The van der Waals surface area contributed by atoms with Gasteiger partial charge in [0.25, 0.3) is 0 Å². The second-order valence-corrected chi connectivity index (χ2v) is 4.92. The predicted molar refractivity (Wildman–Crippen MR) is 91.7 cm³/mol. The number of methoxy groups -OCH3 is 2. The van der Waals surface area contributed by atoms with Crippen LogP contribution in [0, 0.1) is 0 Å². The quantitative estimate of drug-likeness (QED) is 0.730. The Labute approximate surface area is 141 Å². The van der Waals surface area contributed by atoms with Crippen LogP contribution in [0.1, 0.15) is 5.56 Å². The van der Waals surface area contributed by atoms with Gasteiger partial charge in [-0.05, 0) is 18.2 Å². The maximum atomic E-state index is 11.8. The third-order valence-electron chi connectivity index (χ3n) is 3.35. The zero-order chi connectivity index (χ0) is 17.2. The Morgan fingerprint density at radius 2 is 1.50 bits per heavy atom. The van der Waals surface area contributed by atoms with Crippen molar-refractivity contribution in [2.75, 3.05) is 27.4 Å². The lowest BCUT2D eigenvalue weighted by atomic mass is 10.2. The predicted octanol–water partition coefficient (Wildman–Crippen LogP) is 2.58. The fraction of sp³-hybridized carbons (Fsp3) is 0.278. The van der Waals surface area contributed by atoms with E-state index in [2.05, 4.69) is 10.6 Å². The first-order valence-electron chi connectivity index (χ1n) is 7.64. The number of carbonyl (C=O) groups excluding carboxylic acids is 1. The molecule has 24 heavy (non-hydrogen) atoms. The second-order valence-electron chi connectivity index (χ2n) is 4.92. The highest BCUT2D eigenvalue weighted by Gasteiger charge is 2.05. The Hall–Kier alpha value is -2.89. The molecule has 0 fully saturated rings. The van der Waals surface area contributed by atoms with Crippen LogP contribution in [0.4, 0.5) is 4.79 Å². The Morgan fingerprint density at radius 1 is 0.875 bits per heavy atom. The second kappa shape index (κ2) is 9.29. The number of para-hydroxylation sites is 3.